The molecule has 0 amide bonds. The van der Waals surface area contributed by atoms with Crippen molar-refractivity contribution >= 4 is 11.5 Å². The van der Waals surface area contributed by atoms with Gasteiger partial charge in [0.25, 0.3) is 0 Å². The Bertz CT molecular complexity index is 887. The molecule has 4 rings (SSSR count). The van der Waals surface area contributed by atoms with E-state index >= 15 is 0 Å². The van der Waals surface area contributed by atoms with Gasteiger partial charge in [-0.2, -0.15) is 0 Å². The molecule has 2 aliphatic heterocycles. The number of benzene rings is 1. The van der Waals surface area contributed by atoms with Crippen LogP contribution in [-0.2, 0) is 0 Å². The predicted molar refractivity (Wildman–Crippen MR) is 97.4 cm³/mol. The summed E-state index contributed by atoms with van der Waals surface area (Å²) in [6, 6.07) is 5.33. The van der Waals surface area contributed by atoms with Crippen molar-refractivity contribution in [1.29, 1.82) is 0 Å². The van der Waals surface area contributed by atoms with Crippen LogP contribution in [0.4, 0.5) is 4.39 Å². The fraction of sp³-hybridized carbons (Fsp3) is 0.222. The molecule has 1 aromatic heterocycles. The minimum atomic E-state index is -0.988. The van der Waals surface area contributed by atoms with Crippen molar-refractivity contribution in [2.45, 2.75) is 12.6 Å². The monoisotopic (exact) mass is 354 g/mol. The Morgan fingerprint density at radius 3 is 2.92 bits per heavy atom. The second kappa shape index (κ2) is 7.01. The lowest BCUT2D eigenvalue weighted by Crippen LogP contribution is -2.39. The maximum absolute atomic E-state index is 13.9. The third kappa shape index (κ3) is 3.31. The van der Waals surface area contributed by atoms with E-state index in [1.807, 2.05) is 6.07 Å². The maximum Gasteiger partial charge on any atom is 0.144 e. The van der Waals surface area contributed by atoms with Gasteiger partial charge in [-0.25, -0.2) is 14.4 Å². The van der Waals surface area contributed by atoms with E-state index in [1.165, 1.54) is 0 Å². The minimum absolute atomic E-state index is 0.121. The summed E-state index contributed by atoms with van der Waals surface area (Å²) < 4.78 is 15.7. The van der Waals surface area contributed by atoms with Crippen molar-refractivity contribution in [3.63, 3.8) is 0 Å². The SMILES string of the molecule is Oc1cc(-n2ccnc2)ccc1C1=CN=C(/C=C2/CCNC[C@H]2F)NN1. The molecule has 1 fully saturated rings. The summed E-state index contributed by atoms with van der Waals surface area (Å²) in [5.74, 6) is 0.666. The van der Waals surface area contributed by atoms with Crippen molar-refractivity contribution in [3.8, 4) is 11.4 Å². The number of amidine groups is 1. The number of aromatic hydroxyl groups is 1. The number of nitrogens with zero attached hydrogens (tertiary/aromatic N) is 3. The van der Waals surface area contributed by atoms with E-state index in [2.05, 4.69) is 26.1 Å². The van der Waals surface area contributed by atoms with Gasteiger partial charge in [-0.15, -0.1) is 0 Å². The lowest BCUT2D eigenvalue weighted by molar-refractivity contribution is 0.332. The second-order valence-electron chi connectivity index (χ2n) is 6.12. The van der Waals surface area contributed by atoms with Crippen molar-refractivity contribution in [1.82, 2.24) is 25.7 Å². The number of halogens is 1. The van der Waals surface area contributed by atoms with E-state index in [1.54, 1.807) is 47.7 Å². The molecule has 0 spiro atoms. The Balaban J connectivity index is 1.55. The van der Waals surface area contributed by atoms with Crippen molar-refractivity contribution in [2.24, 2.45) is 4.99 Å². The molecule has 26 heavy (non-hydrogen) atoms. The second-order valence-corrected chi connectivity index (χ2v) is 6.12. The molecule has 2 aromatic rings. The average molecular weight is 354 g/mol. The number of phenols is 1. The van der Waals surface area contributed by atoms with Crippen LogP contribution in [0.3, 0.4) is 0 Å². The Labute approximate surface area is 149 Å². The van der Waals surface area contributed by atoms with Crippen molar-refractivity contribution in [2.75, 3.05) is 13.1 Å². The molecule has 7 nitrogen and oxygen atoms in total. The van der Waals surface area contributed by atoms with E-state index in [-0.39, 0.29) is 5.75 Å². The van der Waals surface area contributed by atoms with Gasteiger partial charge in [0.05, 0.1) is 23.9 Å². The Kier molecular flexibility index (Phi) is 4.40. The number of hydrazine groups is 1. The Morgan fingerprint density at radius 2 is 2.23 bits per heavy atom. The van der Waals surface area contributed by atoms with E-state index in [0.29, 0.717) is 30.1 Å². The fourth-order valence-corrected chi connectivity index (χ4v) is 2.95. The number of aromatic nitrogens is 2. The van der Waals surface area contributed by atoms with Crippen LogP contribution in [-0.4, -0.2) is 39.8 Å². The molecule has 0 aliphatic carbocycles. The van der Waals surface area contributed by atoms with E-state index < -0.39 is 6.17 Å². The van der Waals surface area contributed by atoms with Gasteiger partial charge in [0.2, 0.25) is 0 Å². The van der Waals surface area contributed by atoms with Gasteiger partial charge < -0.3 is 15.0 Å². The summed E-state index contributed by atoms with van der Waals surface area (Å²) in [5, 5.41) is 13.4. The molecule has 1 atom stereocenters. The zero-order chi connectivity index (χ0) is 17.9. The third-order valence-electron chi connectivity index (χ3n) is 4.37. The number of rotatable bonds is 3. The van der Waals surface area contributed by atoms with E-state index in [9.17, 15) is 9.50 Å². The highest BCUT2D eigenvalue weighted by molar-refractivity contribution is 5.96. The summed E-state index contributed by atoms with van der Waals surface area (Å²) >= 11 is 0. The summed E-state index contributed by atoms with van der Waals surface area (Å²) in [7, 11) is 0. The number of aliphatic imine (C=N–C) groups is 1. The molecule has 0 saturated carbocycles. The van der Waals surface area contributed by atoms with Gasteiger partial charge >= 0.3 is 0 Å². The lowest BCUT2D eigenvalue weighted by Gasteiger charge is -2.22. The summed E-state index contributed by atoms with van der Waals surface area (Å²) in [6.45, 7) is 1.11. The van der Waals surface area contributed by atoms with Gasteiger partial charge in [-0.05, 0) is 36.7 Å². The Morgan fingerprint density at radius 1 is 1.31 bits per heavy atom. The molecule has 0 unspecified atom stereocenters. The number of alkyl halides is 1. The molecule has 0 radical (unpaired) electrons. The molecular weight excluding hydrogens is 335 g/mol. The summed E-state index contributed by atoms with van der Waals surface area (Å²) in [6.07, 6.45) is 8.16. The summed E-state index contributed by atoms with van der Waals surface area (Å²) in [5.41, 5.74) is 8.72. The van der Waals surface area contributed by atoms with Crippen LogP contribution in [0.15, 0.2) is 59.8 Å². The number of piperidine rings is 1. The number of hydrogen-bond donors (Lipinski definition) is 4. The molecular formula is C18H19FN6O. The molecule has 8 heteroatoms. The third-order valence-corrected chi connectivity index (χ3v) is 4.37. The van der Waals surface area contributed by atoms with Gasteiger partial charge in [0, 0.05) is 30.6 Å². The minimum Gasteiger partial charge on any atom is -0.507 e. The number of nitrogens with one attached hydrogen (secondary N) is 3. The normalized spacial score (nSPS) is 21.6. The lowest BCUT2D eigenvalue weighted by atomic mass is 10.0. The zero-order valence-electron chi connectivity index (χ0n) is 14.0. The van der Waals surface area contributed by atoms with Crippen LogP contribution in [0.1, 0.15) is 12.0 Å². The smallest absolute Gasteiger partial charge is 0.144 e. The first-order valence-electron chi connectivity index (χ1n) is 8.38. The van der Waals surface area contributed by atoms with Crippen LogP contribution in [0, 0.1) is 0 Å². The topological polar surface area (TPSA) is 86.5 Å². The number of imidazole rings is 1. The highest BCUT2D eigenvalue weighted by Crippen LogP contribution is 2.27. The van der Waals surface area contributed by atoms with Gasteiger partial charge in [0.1, 0.15) is 17.8 Å². The maximum atomic E-state index is 13.9. The molecule has 1 saturated heterocycles. The predicted octanol–water partition coefficient (Wildman–Crippen LogP) is 1.64. The van der Waals surface area contributed by atoms with E-state index in [0.717, 1.165) is 17.8 Å². The fourth-order valence-electron chi connectivity index (χ4n) is 2.95. The van der Waals surface area contributed by atoms with Crippen LogP contribution in [0.25, 0.3) is 11.4 Å². The van der Waals surface area contributed by atoms with E-state index in [4.69, 9.17) is 0 Å². The zero-order valence-corrected chi connectivity index (χ0v) is 14.0. The molecule has 3 heterocycles. The van der Waals surface area contributed by atoms with Crippen molar-refractivity contribution < 1.29 is 9.50 Å². The largest absolute Gasteiger partial charge is 0.507 e. The van der Waals surface area contributed by atoms with Crippen LogP contribution >= 0.6 is 0 Å². The quantitative estimate of drug-likeness (QED) is 0.673. The number of hydrogen-bond acceptors (Lipinski definition) is 6. The van der Waals surface area contributed by atoms with Crippen molar-refractivity contribution in [3.05, 3.63) is 60.3 Å². The highest BCUT2D eigenvalue weighted by atomic mass is 19.1. The molecule has 1 aromatic carbocycles. The van der Waals surface area contributed by atoms with Gasteiger partial charge in [-0.3, -0.25) is 10.9 Å². The van der Waals surface area contributed by atoms with Crippen LogP contribution in [0.5, 0.6) is 5.75 Å². The van der Waals surface area contributed by atoms with Crippen LogP contribution < -0.4 is 16.2 Å². The average Bonchev–Trinajstić information content (AvgIpc) is 3.19. The first-order chi connectivity index (χ1) is 12.7. The molecule has 0 bridgehead atoms. The van der Waals surface area contributed by atoms with Crippen LogP contribution in [0.2, 0.25) is 0 Å². The first kappa shape index (κ1) is 16.3. The highest BCUT2D eigenvalue weighted by Gasteiger charge is 2.19. The van der Waals surface area contributed by atoms with Gasteiger partial charge in [-0.1, -0.05) is 0 Å². The van der Waals surface area contributed by atoms with Gasteiger partial charge in [0.15, 0.2) is 0 Å². The standard InChI is InChI=1S/C18H19FN6O/c19-15-9-20-4-3-12(15)7-18-22-10-16(23-24-18)14-2-1-13(8-17(14)26)25-6-5-21-11-25/h1-2,5-8,10-11,15,20,23,26H,3-4,9H2,(H,22,24)/b12-7-/t15-/m1/s1. The summed E-state index contributed by atoms with van der Waals surface area (Å²) in [4.78, 5) is 8.32. The molecule has 4 N–H and O–H groups in total. The number of phenolic OH excluding ortho intramolecular Hbond substituents is 1. The first-order valence-corrected chi connectivity index (χ1v) is 8.38. The Hall–Kier alpha value is -3.13. The molecule has 2 aliphatic rings. The molecule has 134 valence electrons.